The van der Waals surface area contributed by atoms with Crippen molar-refractivity contribution in [2.75, 3.05) is 24.5 Å². The molecule has 1 aliphatic carbocycles. The molecule has 0 bridgehead atoms. The number of aliphatic hydroxyl groups excluding tert-OH is 1. The summed E-state index contributed by atoms with van der Waals surface area (Å²) in [6.45, 7) is 0. The van der Waals surface area contributed by atoms with Crippen LogP contribution in [0.2, 0.25) is 0 Å². The molecule has 2 aliphatic heterocycles. The Morgan fingerprint density at radius 3 is 3.00 bits per heavy atom. The lowest BCUT2D eigenvalue weighted by molar-refractivity contribution is -0.0513. The average Bonchev–Trinajstić information content (AvgIpc) is 3.17. The quantitative estimate of drug-likeness (QED) is 0.585. The number of rotatable bonds is 5. The number of hydrogen-bond donors (Lipinski definition) is 4. The molecular weight excluding hydrogens is 326 g/mol. The second kappa shape index (κ2) is 8.10. The van der Waals surface area contributed by atoms with Gasteiger partial charge in [-0.25, -0.2) is 10.9 Å². The van der Waals surface area contributed by atoms with Crippen molar-refractivity contribution in [2.45, 2.75) is 47.6 Å². The molecule has 122 valence electrons. The zero-order valence-corrected chi connectivity index (χ0v) is 14.7. The fourth-order valence-corrected chi connectivity index (χ4v) is 6.87. The number of nitrogens with one attached hydrogen (secondary N) is 3. The van der Waals surface area contributed by atoms with E-state index < -0.39 is 0 Å². The highest BCUT2D eigenvalue weighted by Gasteiger charge is 2.37. The molecule has 21 heavy (non-hydrogen) atoms. The van der Waals surface area contributed by atoms with E-state index in [1.807, 2.05) is 35.3 Å². The van der Waals surface area contributed by atoms with Gasteiger partial charge in [-0.1, -0.05) is 0 Å². The van der Waals surface area contributed by atoms with E-state index in [-0.39, 0.29) is 12.2 Å². The van der Waals surface area contributed by atoms with E-state index in [2.05, 4.69) is 16.2 Å². The van der Waals surface area contributed by atoms with Crippen LogP contribution in [0.25, 0.3) is 0 Å². The van der Waals surface area contributed by atoms with Crippen LogP contribution in [0.15, 0.2) is 0 Å². The molecule has 3 aliphatic rings. The lowest BCUT2D eigenvalue weighted by Gasteiger charge is -2.35. The van der Waals surface area contributed by atoms with E-state index >= 15 is 0 Å². The highest BCUT2D eigenvalue weighted by molar-refractivity contribution is 8.17. The minimum Gasteiger partial charge on any atom is -0.390 e. The number of methoxy groups -OCH3 is 1. The number of hydrazine groups is 1. The van der Waals surface area contributed by atoms with Crippen LogP contribution in [0, 0.1) is 5.92 Å². The van der Waals surface area contributed by atoms with Crippen LogP contribution in [-0.2, 0) is 4.74 Å². The summed E-state index contributed by atoms with van der Waals surface area (Å²) in [7, 11) is 1.71. The highest BCUT2D eigenvalue weighted by Crippen LogP contribution is 2.37. The predicted octanol–water partition coefficient (Wildman–Crippen LogP) is 1.01. The molecule has 0 aromatic rings. The van der Waals surface area contributed by atoms with Crippen LogP contribution in [0.4, 0.5) is 0 Å². The fraction of sp³-hybridized carbons (Fsp3) is 1.00. The minimum atomic E-state index is -0.276. The largest absolute Gasteiger partial charge is 0.390 e. The van der Waals surface area contributed by atoms with Gasteiger partial charge in [-0.3, -0.25) is 0 Å². The third kappa shape index (κ3) is 4.44. The normalized spacial score (nSPS) is 44.3. The Hall–Kier alpha value is 0.850. The maximum absolute atomic E-state index is 9.92. The third-order valence-corrected chi connectivity index (χ3v) is 8.42. The first-order valence-corrected chi connectivity index (χ1v) is 10.7. The number of thioether (sulfide) groups is 3. The summed E-state index contributed by atoms with van der Waals surface area (Å²) in [6, 6.07) is 0.598. The van der Waals surface area contributed by atoms with Gasteiger partial charge in [0.15, 0.2) is 0 Å². The SMILES string of the molecule is COC1CC(C2NC(CSC3NNCS3)CS2)CCC1O. The molecule has 0 amide bonds. The molecule has 0 radical (unpaired) electrons. The van der Waals surface area contributed by atoms with Crippen LogP contribution < -0.4 is 16.2 Å². The van der Waals surface area contributed by atoms with Crippen molar-refractivity contribution in [2.24, 2.45) is 5.92 Å². The van der Waals surface area contributed by atoms with Crippen LogP contribution in [0.1, 0.15) is 19.3 Å². The Labute approximate surface area is 139 Å². The van der Waals surface area contributed by atoms with Crippen molar-refractivity contribution < 1.29 is 9.84 Å². The van der Waals surface area contributed by atoms with Gasteiger partial charge in [-0.05, 0) is 25.2 Å². The van der Waals surface area contributed by atoms with E-state index in [1.165, 1.54) is 5.75 Å². The molecule has 3 fully saturated rings. The summed E-state index contributed by atoms with van der Waals surface area (Å²) in [4.78, 5) is 0. The maximum atomic E-state index is 9.92. The maximum Gasteiger partial charge on any atom is 0.114 e. The molecule has 8 heteroatoms. The first-order chi connectivity index (χ1) is 10.3. The van der Waals surface area contributed by atoms with Crippen LogP contribution in [0.3, 0.4) is 0 Å². The van der Waals surface area contributed by atoms with Gasteiger partial charge in [0.1, 0.15) is 4.71 Å². The van der Waals surface area contributed by atoms with E-state index in [1.54, 1.807) is 7.11 Å². The number of hydrogen-bond acceptors (Lipinski definition) is 8. The van der Waals surface area contributed by atoms with Gasteiger partial charge < -0.3 is 15.2 Å². The summed E-state index contributed by atoms with van der Waals surface area (Å²) in [5.74, 6) is 3.97. The molecule has 6 unspecified atom stereocenters. The third-order valence-electron chi connectivity index (χ3n) is 4.38. The summed E-state index contributed by atoms with van der Waals surface area (Å²) < 4.78 is 5.91. The molecule has 4 N–H and O–H groups in total. The highest BCUT2D eigenvalue weighted by atomic mass is 32.2. The Balaban J connectivity index is 1.41. The van der Waals surface area contributed by atoms with Crippen molar-refractivity contribution in [1.82, 2.24) is 16.2 Å². The molecule has 0 aromatic heterocycles. The monoisotopic (exact) mass is 351 g/mol. The van der Waals surface area contributed by atoms with Crippen molar-refractivity contribution in [3.8, 4) is 0 Å². The smallest absolute Gasteiger partial charge is 0.114 e. The average molecular weight is 352 g/mol. The van der Waals surface area contributed by atoms with E-state index in [0.717, 1.165) is 30.9 Å². The second-order valence-corrected chi connectivity index (χ2v) is 9.53. The minimum absolute atomic E-state index is 0.0183. The van der Waals surface area contributed by atoms with Gasteiger partial charge in [-0.2, -0.15) is 0 Å². The van der Waals surface area contributed by atoms with E-state index in [0.29, 0.717) is 22.0 Å². The number of aliphatic hydroxyl groups is 1. The summed E-state index contributed by atoms with van der Waals surface area (Å²) in [5, 5.41) is 14.2. The molecular formula is C13H25N3O2S3. The Morgan fingerprint density at radius 2 is 2.24 bits per heavy atom. The lowest BCUT2D eigenvalue weighted by atomic mass is 9.85. The van der Waals surface area contributed by atoms with Crippen LogP contribution in [0.5, 0.6) is 0 Å². The predicted molar refractivity (Wildman–Crippen MR) is 92.3 cm³/mol. The zero-order valence-electron chi connectivity index (χ0n) is 12.3. The van der Waals surface area contributed by atoms with Crippen LogP contribution >= 0.6 is 35.3 Å². The first kappa shape index (κ1) is 16.7. The van der Waals surface area contributed by atoms with Crippen molar-refractivity contribution in [3.05, 3.63) is 0 Å². The molecule has 2 heterocycles. The van der Waals surface area contributed by atoms with Crippen molar-refractivity contribution in [3.63, 3.8) is 0 Å². The van der Waals surface area contributed by atoms with Gasteiger partial charge in [0, 0.05) is 24.7 Å². The van der Waals surface area contributed by atoms with E-state index in [9.17, 15) is 5.11 Å². The van der Waals surface area contributed by atoms with Crippen LogP contribution in [-0.4, -0.2) is 57.9 Å². The zero-order chi connectivity index (χ0) is 14.7. The molecule has 3 rings (SSSR count). The van der Waals surface area contributed by atoms with Gasteiger partial charge in [0.2, 0.25) is 0 Å². The fourth-order valence-electron chi connectivity index (χ4n) is 3.17. The first-order valence-electron chi connectivity index (χ1n) is 7.56. The molecule has 0 aromatic carbocycles. The topological polar surface area (TPSA) is 65.5 Å². The van der Waals surface area contributed by atoms with Gasteiger partial charge >= 0.3 is 0 Å². The van der Waals surface area contributed by atoms with Gasteiger partial charge in [0.05, 0.1) is 23.5 Å². The van der Waals surface area contributed by atoms with Gasteiger partial charge in [-0.15, -0.1) is 35.3 Å². The molecule has 6 atom stereocenters. The molecule has 1 saturated carbocycles. The Kier molecular flexibility index (Phi) is 6.44. The van der Waals surface area contributed by atoms with Gasteiger partial charge in [0.25, 0.3) is 0 Å². The summed E-state index contributed by atoms with van der Waals surface area (Å²) >= 11 is 5.95. The molecule has 2 saturated heterocycles. The summed E-state index contributed by atoms with van der Waals surface area (Å²) in [5.41, 5.74) is 6.42. The van der Waals surface area contributed by atoms with Crippen molar-refractivity contribution in [1.29, 1.82) is 0 Å². The summed E-state index contributed by atoms with van der Waals surface area (Å²) in [6.07, 6.45) is 2.70. The Morgan fingerprint density at radius 1 is 1.33 bits per heavy atom. The van der Waals surface area contributed by atoms with Crippen molar-refractivity contribution >= 4 is 35.3 Å². The second-order valence-electron chi connectivity index (χ2n) is 5.83. The number of ether oxygens (including phenoxy) is 1. The lowest BCUT2D eigenvalue weighted by Crippen LogP contribution is -2.43. The standard InChI is InChI=1S/C13H25N3O2S3/c1-18-11-4-8(2-3-10(11)17)12-15-9(5-19-12)6-20-13-16-14-7-21-13/h8-17H,2-7H2,1H3. The molecule has 5 nitrogen and oxygen atoms in total. The Bertz CT molecular complexity index is 334. The van der Waals surface area contributed by atoms with E-state index in [4.69, 9.17) is 4.74 Å². The molecule has 0 spiro atoms.